The lowest BCUT2D eigenvalue weighted by atomic mass is 9.85. The Morgan fingerprint density at radius 2 is 1.38 bits per heavy atom. The number of fused-ring (bicyclic) bond motifs is 5. The Morgan fingerprint density at radius 1 is 0.728 bits per heavy atom. The van der Waals surface area contributed by atoms with Gasteiger partial charge in [-0.25, -0.2) is 37.4 Å². The molecule has 0 radical (unpaired) electrons. The maximum Gasteiger partial charge on any atom is 0.355 e. The Balaban J connectivity index is 0.662. The molecule has 9 amide bonds. The van der Waals surface area contributed by atoms with Crippen molar-refractivity contribution in [1.29, 1.82) is 0 Å². The van der Waals surface area contributed by atoms with Crippen molar-refractivity contribution in [2.45, 2.75) is 115 Å². The van der Waals surface area contributed by atoms with Crippen LogP contribution in [0.2, 0.25) is 0 Å². The Labute approximate surface area is 597 Å². The van der Waals surface area contributed by atoms with Gasteiger partial charge in [0, 0.05) is 91.6 Å². The average molecular weight is 1440 g/mol. The van der Waals surface area contributed by atoms with Crippen molar-refractivity contribution in [2.75, 3.05) is 107 Å². The van der Waals surface area contributed by atoms with E-state index in [1.165, 1.54) is 47.4 Å². The molecule has 1 fully saturated rings. The van der Waals surface area contributed by atoms with E-state index in [1.807, 2.05) is 62.0 Å². The molecule has 30 nitrogen and oxygen atoms in total. The third-order valence-electron chi connectivity index (χ3n) is 18.3. The summed E-state index contributed by atoms with van der Waals surface area (Å²) in [6.07, 6.45) is 1.60. The number of cyclic esters (lactones) is 1. The first-order valence-corrected chi connectivity index (χ1v) is 35.9. The number of carboxylic acids is 1. The van der Waals surface area contributed by atoms with Crippen molar-refractivity contribution in [1.82, 2.24) is 55.7 Å². The van der Waals surface area contributed by atoms with E-state index in [1.54, 1.807) is 68.8 Å². The number of sulfonamides is 1. The van der Waals surface area contributed by atoms with Crippen molar-refractivity contribution in [3.8, 4) is 11.4 Å². The first kappa shape index (κ1) is 76.7. The van der Waals surface area contributed by atoms with Crippen LogP contribution in [0.5, 0.6) is 0 Å². The number of likely N-dealkylation sites (N-methyl/N-ethyl adjacent to an activating group) is 3. The number of aryl methyl sites for hydroxylation is 1. The number of anilines is 4. The molecule has 1 saturated heterocycles. The molecule has 5 heterocycles. The molecular formula is C72H91N15O15S. The molecule has 4 aromatic carbocycles. The second kappa shape index (κ2) is 34.4. The summed E-state index contributed by atoms with van der Waals surface area (Å²) < 4.78 is 42.6. The summed E-state index contributed by atoms with van der Waals surface area (Å²) in [6, 6.07) is 22.3. The molecule has 0 bridgehead atoms. The fraction of sp³-hybridized carbons (Fsp3) is 0.431. The summed E-state index contributed by atoms with van der Waals surface area (Å²) in [7, 11) is 1.48. The number of urea groups is 3. The molecule has 9 rings (SSSR count). The molecule has 3 aliphatic heterocycles. The standard InChI is InChI=1S/C72H91N15O15S/c1-9-28-73-69(96)78-48-18-15-20-50(37-48)103(99,100)82-49-19-14-17-45(36-49)57(39-62(90)91)80-71(98)77-47-26-24-46(25-27-47)76-70(97)74-29-31-83(6)32-33-84(7)34-35-85(8)42-60(88)75-40-61(89)86-30-16-23-58(86)65(92)81-63(44(4)5)67(94)102-72(11-3)55-38-59-64-53(41-87(59)66(93)54(55)43-101-68(72)95)51(10-2)52-21-12-13-22-56(52)79-64/h12-15,17-22,24-27,36-38,44,57-58,63,82H,9-11,16,23,28-35,39-43H2,1-8H3,(H,75,88)(H,81,92)(H,90,91)(H2,73,78,96)(H2,74,76,97)(H2,77,80,98)/t57-,58+,63+,72+/m1/s1. The van der Waals surface area contributed by atoms with Gasteiger partial charge in [-0.15, -0.1) is 0 Å². The highest BCUT2D eigenvalue weighted by Gasteiger charge is 2.52. The number of nitrogens with zero attached hydrogens (tertiary/aromatic N) is 6. The lowest BCUT2D eigenvalue weighted by molar-refractivity contribution is -0.191. The summed E-state index contributed by atoms with van der Waals surface area (Å²) in [5.74, 6) is -4.99. The summed E-state index contributed by atoms with van der Waals surface area (Å²) in [5, 5.41) is 32.3. The Morgan fingerprint density at radius 3 is 2.06 bits per heavy atom. The quantitative estimate of drug-likeness (QED) is 0.0225. The molecule has 103 heavy (non-hydrogen) atoms. The van der Waals surface area contributed by atoms with Gasteiger partial charge in [0.15, 0.2) is 0 Å². The molecule has 0 aliphatic carbocycles. The molecule has 0 spiro atoms. The molecule has 4 atom stereocenters. The first-order valence-electron chi connectivity index (χ1n) is 34.4. The minimum absolute atomic E-state index is 0.00168. The number of aromatic nitrogens is 2. The van der Waals surface area contributed by atoms with Gasteiger partial charge in [0.1, 0.15) is 18.7 Å². The first-order chi connectivity index (χ1) is 49.2. The zero-order chi connectivity index (χ0) is 74.3. The Kier molecular flexibility index (Phi) is 25.6. The zero-order valence-electron chi connectivity index (χ0n) is 59.1. The van der Waals surface area contributed by atoms with E-state index in [2.05, 4.69) is 52.2 Å². The lowest BCUT2D eigenvalue weighted by Crippen LogP contribution is -2.56. The summed E-state index contributed by atoms with van der Waals surface area (Å²) >= 11 is 0. The Hall–Kier alpha value is -10.5. The number of hydrogen-bond acceptors (Lipinski definition) is 18. The van der Waals surface area contributed by atoms with E-state index in [4.69, 9.17) is 14.5 Å². The smallest absolute Gasteiger partial charge is 0.355 e. The van der Waals surface area contributed by atoms with Gasteiger partial charge in [0.2, 0.25) is 23.3 Å². The van der Waals surface area contributed by atoms with Crippen molar-refractivity contribution >= 4 is 97.4 Å². The number of amides is 9. The largest absolute Gasteiger partial charge is 0.481 e. The van der Waals surface area contributed by atoms with Gasteiger partial charge in [0.25, 0.3) is 15.6 Å². The van der Waals surface area contributed by atoms with Crippen LogP contribution in [-0.2, 0) is 73.4 Å². The van der Waals surface area contributed by atoms with Gasteiger partial charge in [-0.1, -0.05) is 71.0 Å². The molecule has 3 aliphatic rings. The molecule has 6 aromatic rings. The number of carboxylic acid groups (broad SMARTS) is 1. The predicted octanol–water partition coefficient (Wildman–Crippen LogP) is 5.73. The second-order valence-electron chi connectivity index (χ2n) is 26.2. The summed E-state index contributed by atoms with van der Waals surface area (Å²) in [5.41, 5.74) is 3.22. The van der Waals surface area contributed by atoms with Crippen LogP contribution in [0.25, 0.3) is 22.3 Å². The third-order valence-corrected chi connectivity index (χ3v) is 19.7. The molecule has 10 N–H and O–H groups in total. The number of pyridine rings is 2. The van der Waals surface area contributed by atoms with Crippen LogP contribution in [0.15, 0.2) is 113 Å². The molecule has 31 heteroatoms. The van der Waals surface area contributed by atoms with Gasteiger partial charge in [-0.3, -0.25) is 33.6 Å². The van der Waals surface area contributed by atoms with Crippen LogP contribution in [0.3, 0.4) is 0 Å². The van der Waals surface area contributed by atoms with E-state index in [0.29, 0.717) is 99.8 Å². The number of nitrogens with one attached hydrogen (secondary N) is 9. The van der Waals surface area contributed by atoms with E-state index in [-0.39, 0.29) is 72.2 Å². The molecule has 0 saturated carbocycles. The number of para-hydroxylation sites is 1. The third kappa shape index (κ3) is 19.2. The lowest BCUT2D eigenvalue weighted by Gasteiger charge is -2.37. The molecule has 0 unspecified atom stereocenters. The number of aliphatic carboxylic acids is 1. The van der Waals surface area contributed by atoms with Crippen LogP contribution >= 0.6 is 0 Å². The highest BCUT2D eigenvalue weighted by Crippen LogP contribution is 2.43. The van der Waals surface area contributed by atoms with E-state index in [0.717, 1.165) is 22.0 Å². The number of rotatable bonds is 32. The van der Waals surface area contributed by atoms with Crippen LogP contribution in [0, 0.1) is 5.92 Å². The van der Waals surface area contributed by atoms with Crippen molar-refractivity contribution in [3.63, 3.8) is 0 Å². The van der Waals surface area contributed by atoms with Gasteiger partial charge < -0.3 is 76.4 Å². The molecular weight excluding hydrogens is 1350 g/mol. The number of likely N-dealkylation sites (tertiary alicyclic amines) is 1. The number of carbonyl (C=O) groups excluding carboxylic acids is 8. The maximum absolute atomic E-state index is 14.4. The second-order valence-corrected chi connectivity index (χ2v) is 27.9. The molecule has 550 valence electrons. The predicted molar refractivity (Wildman–Crippen MR) is 386 cm³/mol. The van der Waals surface area contributed by atoms with E-state index in [9.17, 15) is 61.5 Å². The zero-order valence-corrected chi connectivity index (χ0v) is 59.9. The van der Waals surface area contributed by atoms with Crippen LogP contribution < -0.4 is 52.8 Å². The minimum atomic E-state index is -4.18. The van der Waals surface area contributed by atoms with E-state index >= 15 is 0 Å². The topological polar surface area (TPSA) is 383 Å². The fourth-order valence-corrected chi connectivity index (χ4v) is 13.8. The summed E-state index contributed by atoms with van der Waals surface area (Å²) in [6.45, 7) is 12.6. The number of esters is 2. The van der Waals surface area contributed by atoms with Crippen LogP contribution in [-0.4, -0.2) is 195 Å². The van der Waals surface area contributed by atoms with Crippen LogP contribution in [0.4, 0.5) is 37.1 Å². The fourth-order valence-electron chi connectivity index (χ4n) is 12.7. The van der Waals surface area contributed by atoms with Crippen molar-refractivity contribution < 1.29 is 66.1 Å². The average Bonchev–Trinajstić information content (AvgIpc) is 1.64. The monoisotopic (exact) mass is 1440 g/mol. The van der Waals surface area contributed by atoms with Gasteiger partial charge in [-0.2, -0.15) is 0 Å². The highest BCUT2D eigenvalue weighted by molar-refractivity contribution is 7.92. The maximum atomic E-state index is 14.4. The normalized spacial score (nSPS) is 15.9. The number of ether oxygens (including phenoxy) is 2. The number of carbonyl (C=O) groups is 9. The number of hydrogen-bond donors (Lipinski definition) is 10. The van der Waals surface area contributed by atoms with E-state index < -0.39 is 99.8 Å². The van der Waals surface area contributed by atoms with Crippen molar-refractivity contribution in [2.24, 2.45) is 5.92 Å². The highest BCUT2D eigenvalue weighted by atomic mass is 32.2. The molecule has 2 aromatic heterocycles. The Bertz CT molecular complexity index is 4340. The van der Waals surface area contributed by atoms with Gasteiger partial charge in [-0.05, 0) is 137 Å². The van der Waals surface area contributed by atoms with Gasteiger partial charge >= 0.3 is 36.0 Å². The van der Waals surface area contributed by atoms with Crippen molar-refractivity contribution in [3.05, 3.63) is 141 Å². The van der Waals surface area contributed by atoms with Crippen LogP contribution in [0.1, 0.15) is 101 Å². The number of benzene rings is 4. The summed E-state index contributed by atoms with van der Waals surface area (Å²) in [4.78, 5) is 146. The van der Waals surface area contributed by atoms with Gasteiger partial charge in [0.05, 0.1) is 59.5 Å². The minimum Gasteiger partial charge on any atom is -0.481 e. The SMILES string of the molecule is CCCNC(=O)Nc1cccc(S(=O)(=O)Nc2cccc([C@@H](CC(=O)O)NC(=O)Nc3ccc(NC(=O)NCCN(C)CCN(C)CCN(C)CC(=O)NCC(=O)N4CCC[C@H]4C(=O)N[C@H](C(=O)O[C@]4(CC)C(=O)OCc5c4cc4n(c5=O)Cc5c-4nc4ccccc4c5CC)C(C)C)cc3)c2)c1.